The number of nitrogens with one attached hydrogen (secondary N) is 3. The molecule has 4 aliphatic rings. The molecule has 4 rings (SSSR count). The van der Waals surface area contributed by atoms with Crippen molar-refractivity contribution in [2.75, 3.05) is 26.2 Å². The summed E-state index contributed by atoms with van der Waals surface area (Å²) in [5, 5.41) is 8.70. The number of carbonyl (C=O) groups excluding carboxylic acids is 1. The molecule has 28 heavy (non-hydrogen) atoms. The van der Waals surface area contributed by atoms with Crippen LogP contribution in [0.25, 0.3) is 0 Å². The Morgan fingerprint density at radius 3 is 2.54 bits per heavy atom. The molecule has 3 saturated heterocycles. The van der Waals surface area contributed by atoms with Gasteiger partial charge in [-0.15, -0.1) is 0 Å². The highest BCUT2D eigenvalue weighted by atomic mass is 19.3. The Labute approximate surface area is 166 Å². The molecule has 3 aliphatic heterocycles. The molecule has 6 nitrogen and oxygen atoms in total. The first kappa shape index (κ1) is 20.2. The number of rotatable bonds is 4. The lowest BCUT2D eigenvalue weighted by molar-refractivity contribution is -0.129. The molecule has 3 N–H and O–H groups in total. The van der Waals surface area contributed by atoms with Crippen molar-refractivity contribution in [2.24, 2.45) is 17.8 Å². The quantitative estimate of drug-likeness (QED) is 0.496. The number of hydrogen-bond acceptors (Lipinski definition) is 5. The van der Waals surface area contributed by atoms with Gasteiger partial charge in [-0.2, -0.15) is 13.8 Å². The van der Waals surface area contributed by atoms with Gasteiger partial charge in [0, 0.05) is 44.2 Å². The summed E-state index contributed by atoms with van der Waals surface area (Å²) < 4.78 is 26.3. The van der Waals surface area contributed by atoms with Gasteiger partial charge in [-0.25, -0.2) is 0 Å². The lowest BCUT2D eigenvalue weighted by Gasteiger charge is -2.52. The van der Waals surface area contributed by atoms with E-state index in [1.807, 2.05) is 4.90 Å². The summed E-state index contributed by atoms with van der Waals surface area (Å²) in [4.78, 5) is 14.0. The van der Waals surface area contributed by atoms with E-state index in [9.17, 15) is 13.6 Å². The second-order valence-electron chi connectivity index (χ2n) is 8.83. The molecule has 0 aromatic rings. The Hall–Kier alpha value is -1.09. The minimum absolute atomic E-state index is 0.0176. The molecule has 0 aromatic carbocycles. The van der Waals surface area contributed by atoms with E-state index in [0.717, 1.165) is 11.4 Å². The first-order valence-corrected chi connectivity index (χ1v) is 10.8. The molecule has 3 heterocycles. The van der Waals surface area contributed by atoms with Gasteiger partial charge in [0.25, 0.3) is 0 Å². The van der Waals surface area contributed by atoms with Gasteiger partial charge in [-0.1, -0.05) is 25.8 Å². The topological polar surface area (TPSA) is 59.6 Å². The molecule has 4 fully saturated rings. The van der Waals surface area contributed by atoms with Gasteiger partial charge in [0.05, 0.1) is 6.17 Å². The van der Waals surface area contributed by atoms with Crippen LogP contribution in [0, 0.1) is 17.8 Å². The van der Waals surface area contributed by atoms with E-state index in [4.69, 9.17) is 0 Å². The standard InChI is InChI=1S/C20H33F2N5O/c1-2-17(28)26-9-8-15-16(12-26)24-19(13-6-4-3-5-7-13)25-18(15)14-10-23-27(11-14)20(21)22/h2,13-16,18-20,23-25H,1,3-12H2. The normalized spacial score (nSPS) is 37.8. The van der Waals surface area contributed by atoms with Crippen LogP contribution in [0.1, 0.15) is 38.5 Å². The molecule has 1 aliphatic carbocycles. The van der Waals surface area contributed by atoms with Crippen LogP contribution in [0.2, 0.25) is 0 Å². The highest BCUT2D eigenvalue weighted by molar-refractivity contribution is 5.87. The van der Waals surface area contributed by atoms with Crippen molar-refractivity contribution in [1.82, 2.24) is 26.0 Å². The van der Waals surface area contributed by atoms with Crippen molar-refractivity contribution in [1.29, 1.82) is 0 Å². The molecule has 5 unspecified atom stereocenters. The first-order valence-electron chi connectivity index (χ1n) is 10.8. The van der Waals surface area contributed by atoms with E-state index in [1.54, 1.807) is 0 Å². The summed E-state index contributed by atoms with van der Waals surface area (Å²) in [7, 11) is 0. The number of amides is 1. The van der Waals surface area contributed by atoms with E-state index in [0.29, 0.717) is 38.0 Å². The van der Waals surface area contributed by atoms with Crippen molar-refractivity contribution in [3.8, 4) is 0 Å². The minimum atomic E-state index is -2.47. The van der Waals surface area contributed by atoms with Crippen molar-refractivity contribution >= 4 is 5.91 Å². The van der Waals surface area contributed by atoms with Gasteiger partial charge in [0.1, 0.15) is 0 Å². The summed E-state index contributed by atoms with van der Waals surface area (Å²) in [6.45, 7) is 3.48. The first-order chi connectivity index (χ1) is 13.6. The van der Waals surface area contributed by atoms with Crippen LogP contribution < -0.4 is 16.1 Å². The average Bonchev–Trinajstić information content (AvgIpc) is 3.23. The number of hydrazine groups is 1. The second-order valence-corrected chi connectivity index (χ2v) is 8.83. The molecule has 8 heteroatoms. The maximum Gasteiger partial charge on any atom is 0.306 e. The lowest BCUT2D eigenvalue weighted by atomic mass is 9.75. The molecule has 0 spiro atoms. The third-order valence-corrected chi connectivity index (χ3v) is 7.23. The number of carbonyl (C=O) groups is 1. The fourth-order valence-corrected chi connectivity index (χ4v) is 5.75. The fraction of sp³-hybridized carbons (Fsp3) is 0.850. The SMILES string of the molecule is C=CC(=O)N1CCC2C(C1)NC(C1CCCCC1)NC2C1CNN(C(F)F)C1. The number of piperidine rings is 1. The number of nitrogens with zero attached hydrogens (tertiary/aromatic N) is 2. The maximum absolute atomic E-state index is 13.1. The maximum atomic E-state index is 13.1. The fourth-order valence-electron chi connectivity index (χ4n) is 5.75. The number of halogens is 2. The van der Waals surface area contributed by atoms with Crippen molar-refractivity contribution in [2.45, 2.75) is 63.3 Å². The molecule has 0 aromatic heterocycles. The zero-order valence-electron chi connectivity index (χ0n) is 16.5. The number of likely N-dealkylation sites (tertiary alicyclic amines) is 1. The van der Waals surface area contributed by atoms with Crippen LogP contribution in [0.5, 0.6) is 0 Å². The third-order valence-electron chi connectivity index (χ3n) is 7.23. The highest BCUT2D eigenvalue weighted by Gasteiger charge is 2.47. The predicted octanol–water partition coefficient (Wildman–Crippen LogP) is 1.52. The van der Waals surface area contributed by atoms with E-state index < -0.39 is 6.55 Å². The van der Waals surface area contributed by atoms with Crippen LogP contribution in [-0.2, 0) is 4.79 Å². The highest BCUT2D eigenvalue weighted by Crippen LogP contribution is 2.35. The monoisotopic (exact) mass is 397 g/mol. The van der Waals surface area contributed by atoms with Crippen LogP contribution >= 0.6 is 0 Å². The third kappa shape index (κ3) is 4.10. The van der Waals surface area contributed by atoms with Crippen molar-refractivity contribution in [3.05, 3.63) is 12.7 Å². The van der Waals surface area contributed by atoms with Gasteiger partial charge in [-0.3, -0.25) is 20.9 Å². The zero-order chi connectivity index (χ0) is 19.7. The van der Waals surface area contributed by atoms with Gasteiger partial charge in [-0.05, 0) is 37.2 Å². The summed E-state index contributed by atoms with van der Waals surface area (Å²) in [5.41, 5.74) is 2.87. The van der Waals surface area contributed by atoms with Crippen LogP contribution in [0.3, 0.4) is 0 Å². The van der Waals surface area contributed by atoms with E-state index in [1.165, 1.54) is 38.2 Å². The summed E-state index contributed by atoms with van der Waals surface area (Å²) in [6, 6.07) is 0.395. The largest absolute Gasteiger partial charge is 0.338 e. The van der Waals surface area contributed by atoms with Crippen LogP contribution in [0.4, 0.5) is 8.78 Å². The van der Waals surface area contributed by atoms with Gasteiger partial charge < -0.3 is 4.90 Å². The predicted molar refractivity (Wildman–Crippen MR) is 103 cm³/mol. The van der Waals surface area contributed by atoms with E-state index >= 15 is 0 Å². The smallest absolute Gasteiger partial charge is 0.306 e. The zero-order valence-corrected chi connectivity index (χ0v) is 16.5. The molecular formula is C20H33F2N5O. The summed E-state index contributed by atoms with van der Waals surface area (Å²) in [5.74, 6) is 1.05. The molecule has 0 radical (unpaired) electrons. The number of alkyl halides is 2. The van der Waals surface area contributed by atoms with Crippen molar-refractivity contribution in [3.63, 3.8) is 0 Å². The Bertz CT molecular complexity index is 571. The van der Waals surface area contributed by atoms with Crippen LogP contribution in [-0.4, -0.2) is 66.8 Å². The average molecular weight is 398 g/mol. The lowest BCUT2D eigenvalue weighted by Crippen LogP contribution is -2.71. The van der Waals surface area contributed by atoms with Gasteiger partial charge in [0.15, 0.2) is 0 Å². The van der Waals surface area contributed by atoms with E-state index in [2.05, 4.69) is 22.6 Å². The molecule has 1 saturated carbocycles. The Morgan fingerprint density at radius 2 is 1.86 bits per heavy atom. The van der Waals surface area contributed by atoms with Crippen molar-refractivity contribution < 1.29 is 13.6 Å². The molecule has 1 amide bonds. The second kappa shape index (κ2) is 8.73. The number of hydrogen-bond donors (Lipinski definition) is 3. The molecule has 158 valence electrons. The Morgan fingerprint density at radius 1 is 1.07 bits per heavy atom. The number of fused-ring (bicyclic) bond motifs is 1. The Kier molecular flexibility index (Phi) is 6.30. The minimum Gasteiger partial charge on any atom is -0.338 e. The summed E-state index contributed by atoms with van der Waals surface area (Å²) >= 11 is 0. The molecular weight excluding hydrogens is 364 g/mol. The molecule has 5 atom stereocenters. The Balaban J connectivity index is 1.50. The summed E-state index contributed by atoms with van der Waals surface area (Å²) in [6.07, 6.45) is 8.70. The van der Waals surface area contributed by atoms with Gasteiger partial charge in [0.2, 0.25) is 5.91 Å². The van der Waals surface area contributed by atoms with Crippen LogP contribution in [0.15, 0.2) is 12.7 Å². The van der Waals surface area contributed by atoms with E-state index in [-0.39, 0.29) is 30.1 Å². The molecule has 0 bridgehead atoms. The van der Waals surface area contributed by atoms with Gasteiger partial charge >= 0.3 is 6.55 Å².